The highest BCUT2D eigenvalue weighted by atomic mass is 32.1. The van der Waals surface area contributed by atoms with Gasteiger partial charge in [-0.05, 0) is 35.4 Å². The van der Waals surface area contributed by atoms with Gasteiger partial charge in [0.1, 0.15) is 0 Å². The highest BCUT2D eigenvalue weighted by molar-refractivity contribution is 7.17. The zero-order chi connectivity index (χ0) is 11.4. The number of anilines is 1. The molecule has 0 radical (unpaired) electrons. The smallest absolute Gasteiger partial charge is 0.0606 e. The summed E-state index contributed by atoms with van der Waals surface area (Å²) in [6, 6.07) is 8.65. The van der Waals surface area contributed by atoms with Gasteiger partial charge >= 0.3 is 0 Å². The lowest BCUT2D eigenvalue weighted by molar-refractivity contribution is 0.302. The van der Waals surface area contributed by atoms with Gasteiger partial charge in [0.05, 0.1) is 6.61 Å². The zero-order valence-electron chi connectivity index (χ0n) is 9.52. The molecule has 2 aromatic rings. The van der Waals surface area contributed by atoms with Gasteiger partial charge in [-0.3, -0.25) is 0 Å². The SMILES string of the molecule is CCCN(CCO)c1ccc2ccsc2c1. The maximum atomic E-state index is 9.06. The molecule has 2 rings (SSSR count). The Balaban J connectivity index is 2.28. The van der Waals surface area contributed by atoms with Crippen molar-refractivity contribution in [2.75, 3.05) is 24.6 Å². The Morgan fingerprint density at radius 2 is 2.12 bits per heavy atom. The zero-order valence-corrected chi connectivity index (χ0v) is 10.3. The van der Waals surface area contributed by atoms with E-state index in [1.165, 1.54) is 15.8 Å². The summed E-state index contributed by atoms with van der Waals surface area (Å²) in [7, 11) is 0. The van der Waals surface area contributed by atoms with Crippen molar-refractivity contribution in [3.8, 4) is 0 Å². The van der Waals surface area contributed by atoms with Crippen LogP contribution in [0.25, 0.3) is 10.1 Å². The standard InChI is InChI=1S/C13H17NOS/c1-2-6-14(7-8-15)12-4-3-11-5-9-16-13(11)10-12/h3-5,9-10,15H,2,6-8H2,1H3. The molecule has 0 saturated carbocycles. The summed E-state index contributed by atoms with van der Waals surface area (Å²) < 4.78 is 1.32. The predicted molar refractivity (Wildman–Crippen MR) is 71.4 cm³/mol. The van der Waals surface area contributed by atoms with E-state index in [0.29, 0.717) is 6.54 Å². The van der Waals surface area contributed by atoms with Gasteiger partial charge in [0, 0.05) is 23.5 Å². The fourth-order valence-electron chi connectivity index (χ4n) is 1.90. The van der Waals surface area contributed by atoms with Crippen LogP contribution >= 0.6 is 11.3 Å². The summed E-state index contributed by atoms with van der Waals surface area (Å²) in [4.78, 5) is 2.24. The second-order valence-corrected chi connectivity index (χ2v) is 4.80. The maximum absolute atomic E-state index is 9.06. The Hall–Kier alpha value is -1.06. The van der Waals surface area contributed by atoms with Crippen molar-refractivity contribution in [3.05, 3.63) is 29.6 Å². The Labute approximate surface area is 100 Å². The summed E-state index contributed by atoms with van der Waals surface area (Å²) in [5, 5.41) is 12.5. The minimum absolute atomic E-state index is 0.211. The molecule has 0 bridgehead atoms. The molecule has 0 amide bonds. The quantitative estimate of drug-likeness (QED) is 0.860. The van der Waals surface area contributed by atoms with Crippen LogP contribution in [0.4, 0.5) is 5.69 Å². The largest absolute Gasteiger partial charge is 0.395 e. The van der Waals surface area contributed by atoms with Crippen molar-refractivity contribution in [2.24, 2.45) is 0 Å². The van der Waals surface area contributed by atoms with E-state index in [9.17, 15) is 0 Å². The van der Waals surface area contributed by atoms with E-state index in [1.54, 1.807) is 11.3 Å². The van der Waals surface area contributed by atoms with E-state index in [1.807, 2.05) is 0 Å². The van der Waals surface area contributed by atoms with Crippen LogP contribution in [0.5, 0.6) is 0 Å². The third-order valence-electron chi connectivity index (χ3n) is 2.67. The molecule has 1 aromatic heterocycles. The number of hydrogen-bond donors (Lipinski definition) is 1. The van der Waals surface area contributed by atoms with Crippen LogP contribution in [0.15, 0.2) is 29.6 Å². The van der Waals surface area contributed by atoms with Gasteiger partial charge in [0.2, 0.25) is 0 Å². The fraction of sp³-hybridized carbons (Fsp3) is 0.385. The molecule has 1 aromatic carbocycles. The van der Waals surface area contributed by atoms with Crippen molar-refractivity contribution in [1.29, 1.82) is 0 Å². The van der Waals surface area contributed by atoms with Crippen LogP contribution in [-0.4, -0.2) is 24.8 Å². The van der Waals surface area contributed by atoms with Crippen molar-refractivity contribution >= 4 is 27.1 Å². The Morgan fingerprint density at radius 1 is 1.25 bits per heavy atom. The fourth-order valence-corrected chi connectivity index (χ4v) is 2.72. The average molecular weight is 235 g/mol. The number of benzene rings is 1. The summed E-state index contributed by atoms with van der Waals surface area (Å²) in [5.74, 6) is 0. The van der Waals surface area contributed by atoms with Gasteiger partial charge in [-0.25, -0.2) is 0 Å². The normalized spacial score (nSPS) is 10.9. The van der Waals surface area contributed by atoms with Gasteiger partial charge in [0.25, 0.3) is 0 Å². The topological polar surface area (TPSA) is 23.5 Å². The van der Waals surface area contributed by atoms with Gasteiger partial charge in [-0.1, -0.05) is 13.0 Å². The van der Waals surface area contributed by atoms with Crippen LogP contribution in [0.3, 0.4) is 0 Å². The Morgan fingerprint density at radius 3 is 2.88 bits per heavy atom. The van der Waals surface area contributed by atoms with Crippen LogP contribution in [-0.2, 0) is 0 Å². The first kappa shape index (κ1) is 11.4. The van der Waals surface area contributed by atoms with E-state index in [2.05, 4.69) is 41.5 Å². The number of fused-ring (bicyclic) bond motifs is 1. The van der Waals surface area contributed by atoms with Crippen LogP contribution in [0, 0.1) is 0 Å². The van der Waals surface area contributed by atoms with Gasteiger partial charge in [-0.2, -0.15) is 0 Å². The van der Waals surface area contributed by atoms with Gasteiger partial charge < -0.3 is 10.0 Å². The monoisotopic (exact) mass is 235 g/mol. The molecular formula is C13H17NOS. The summed E-state index contributed by atoms with van der Waals surface area (Å²) in [5.41, 5.74) is 1.21. The molecule has 16 heavy (non-hydrogen) atoms. The molecule has 86 valence electrons. The van der Waals surface area contributed by atoms with Gasteiger partial charge in [-0.15, -0.1) is 11.3 Å². The molecule has 0 atom stereocenters. The second-order valence-electron chi connectivity index (χ2n) is 3.85. The van der Waals surface area contributed by atoms with E-state index in [-0.39, 0.29) is 6.61 Å². The maximum Gasteiger partial charge on any atom is 0.0606 e. The molecule has 0 spiro atoms. The molecule has 0 aliphatic heterocycles. The number of aliphatic hydroxyl groups is 1. The number of rotatable bonds is 5. The first-order valence-corrected chi connectivity index (χ1v) is 6.56. The van der Waals surface area contributed by atoms with Crippen LogP contribution < -0.4 is 4.90 Å². The molecule has 0 aliphatic rings. The minimum atomic E-state index is 0.211. The van der Waals surface area contributed by atoms with E-state index in [0.717, 1.165) is 13.0 Å². The first-order valence-electron chi connectivity index (χ1n) is 5.68. The molecule has 1 heterocycles. The molecule has 2 nitrogen and oxygen atoms in total. The third-order valence-corrected chi connectivity index (χ3v) is 3.55. The van der Waals surface area contributed by atoms with E-state index >= 15 is 0 Å². The lowest BCUT2D eigenvalue weighted by Crippen LogP contribution is -2.27. The van der Waals surface area contributed by atoms with Crippen molar-refractivity contribution < 1.29 is 5.11 Å². The summed E-state index contributed by atoms with van der Waals surface area (Å²) in [6.45, 7) is 4.08. The minimum Gasteiger partial charge on any atom is -0.395 e. The average Bonchev–Trinajstić information content (AvgIpc) is 2.75. The molecule has 0 aliphatic carbocycles. The molecule has 0 saturated heterocycles. The Bertz CT molecular complexity index is 446. The molecule has 1 N–H and O–H groups in total. The summed E-state index contributed by atoms with van der Waals surface area (Å²) >= 11 is 1.77. The van der Waals surface area contributed by atoms with E-state index in [4.69, 9.17) is 5.11 Å². The summed E-state index contributed by atoms with van der Waals surface area (Å²) in [6.07, 6.45) is 1.10. The highest BCUT2D eigenvalue weighted by Crippen LogP contribution is 2.26. The molecular weight excluding hydrogens is 218 g/mol. The Kier molecular flexibility index (Phi) is 3.80. The van der Waals surface area contributed by atoms with Crippen molar-refractivity contribution in [1.82, 2.24) is 0 Å². The number of thiophene rings is 1. The molecule has 0 unspecified atom stereocenters. The van der Waals surface area contributed by atoms with Crippen LogP contribution in [0.1, 0.15) is 13.3 Å². The van der Waals surface area contributed by atoms with Gasteiger partial charge in [0.15, 0.2) is 0 Å². The predicted octanol–water partition coefficient (Wildman–Crippen LogP) is 3.11. The number of nitrogens with zero attached hydrogens (tertiary/aromatic N) is 1. The molecule has 3 heteroatoms. The van der Waals surface area contributed by atoms with Crippen LogP contribution in [0.2, 0.25) is 0 Å². The van der Waals surface area contributed by atoms with Crippen molar-refractivity contribution in [2.45, 2.75) is 13.3 Å². The lowest BCUT2D eigenvalue weighted by atomic mass is 10.2. The first-order chi connectivity index (χ1) is 7.85. The second kappa shape index (κ2) is 5.32. The molecule has 0 fully saturated rings. The number of aliphatic hydroxyl groups excluding tert-OH is 1. The highest BCUT2D eigenvalue weighted by Gasteiger charge is 2.05. The number of hydrogen-bond acceptors (Lipinski definition) is 3. The van der Waals surface area contributed by atoms with Crippen molar-refractivity contribution in [3.63, 3.8) is 0 Å². The lowest BCUT2D eigenvalue weighted by Gasteiger charge is -2.23. The van der Waals surface area contributed by atoms with E-state index < -0.39 is 0 Å². The third kappa shape index (κ3) is 2.36.